The third-order valence-electron chi connectivity index (χ3n) is 2.28. The molecule has 0 aliphatic carbocycles. The molecule has 0 saturated carbocycles. The van der Waals surface area contributed by atoms with Crippen LogP contribution in [0.5, 0.6) is 0 Å². The van der Waals surface area contributed by atoms with E-state index >= 15 is 0 Å². The van der Waals surface area contributed by atoms with Crippen LogP contribution in [0.3, 0.4) is 0 Å². The highest BCUT2D eigenvalue weighted by molar-refractivity contribution is 5.88. The number of carbonyl (C=O) groups excluding carboxylic acids is 1. The molecule has 2 rings (SSSR count). The van der Waals surface area contributed by atoms with Crippen LogP contribution >= 0.6 is 12.4 Å². The lowest BCUT2D eigenvalue weighted by atomic mass is 10.3. The van der Waals surface area contributed by atoms with Gasteiger partial charge in [-0.15, -0.1) is 12.4 Å². The maximum atomic E-state index is 11.5. The fraction of sp³-hybridized carbons (Fsp3) is 0.167. The molecule has 96 valence electrons. The van der Waals surface area contributed by atoms with Crippen LogP contribution in [-0.4, -0.2) is 22.4 Å². The molecular formula is C12H14ClN3O2. The Morgan fingerprint density at radius 2 is 2.17 bits per heavy atom. The monoisotopic (exact) mass is 267 g/mol. The summed E-state index contributed by atoms with van der Waals surface area (Å²) in [6.45, 7) is 2.11. The van der Waals surface area contributed by atoms with Gasteiger partial charge in [0.05, 0.1) is 29.7 Å². The van der Waals surface area contributed by atoms with Gasteiger partial charge in [0.2, 0.25) is 0 Å². The third-order valence-corrected chi connectivity index (χ3v) is 2.28. The molecule has 0 aliphatic rings. The Bertz CT molecular complexity index is 540. The van der Waals surface area contributed by atoms with E-state index in [-0.39, 0.29) is 18.4 Å². The van der Waals surface area contributed by atoms with Crippen molar-refractivity contribution >= 4 is 24.1 Å². The van der Waals surface area contributed by atoms with Crippen molar-refractivity contribution in [3.8, 4) is 5.69 Å². The number of hydrogen-bond acceptors (Lipinski definition) is 4. The number of para-hydroxylation sites is 2. The summed E-state index contributed by atoms with van der Waals surface area (Å²) in [7, 11) is 0. The molecule has 0 saturated heterocycles. The summed E-state index contributed by atoms with van der Waals surface area (Å²) in [5, 5.41) is 4.09. The molecule has 0 fully saturated rings. The number of nitrogens with zero attached hydrogens (tertiary/aromatic N) is 2. The van der Waals surface area contributed by atoms with Gasteiger partial charge < -0.3 is 10.5 Å². The molecule has 2 N–H and O–H groups in total. The zero-order valence-corrected chi connectivity index (χ0v) is 10.7. The standard InChI is InChI=1S/C12H13N3O2.ClH/c1-2-17-12(16)9-7-14-15(8-9)11-6-4-3-5-10(11)13;/h3-8H,2,13H2,1H3;1H. The summed E-state index contributed by atoms with van der Waals surface area (Å²) < 4.78 is 6.44. The molecule has 0 amide bonds. The number of ether oxygens (including phenoxy) is 1. The van der Waals surface area contributed by atoms with Gasteiger partial charge in [-0.3, -0.25) is 0 Å². The van der Waals surface area contributed by atoms with Crippen LogP contribution in [0.4, 0.5) is 5.69 Å². The minimum absolute atomic E-state index is 0. The van der Waals surface area contributed by atoms with Gasteiger partial charge in [-0.2, -0.15) is 5.10 Å². The maximum Gasteiger partial charge on any atom is 0.341 e. The van der Waals surface area contributed by atoms with Gasteiger partial charge in [0, 0.05) is 6.20 Å². The van der Waals surface area contributed by atoms with Gasteiger partial charge in [0.15, 0.2) is 0 Å². The Morgan fingerprint density at radius 3 is 2.83 bits per heavy atom. The average Bonchev–Trinajstić information content (AvgIpc) is 2.79. The van der Waals surface area contributed by atoms with E-state index in [1.807, 2.05) is 18.2 Å². The molecule has 18 heavy (non-hydrogen) atoms. The summed E-state index contributed by atoms with van der Waals surface area (Å²) >= 11 is 0. The molecule has 5 nitrogen and oxygen atoms in total. The smallest absolute Gasteiger partial charge is 0.341 e. The van der Waals surface area contributed by atoms with Crippen LogP contribution in [0.15, 0.2) is 36.7 Å². The van der Waals surface area contributed by atoms with E-state index in [2.05, 4.69) is 5.10 Å². The number of benzene rings is 1. The summed E-state index contributed by atoms with van der Waals surface area (Å²) in [4.78, 5) is 11.5. The first-order chi connectivity index (χ1) is 8.22. The van der Waals surface area contributed by atoms with E-state index in [1.54, 1.807) is 23.9 Å². The van der Waals surface area contributed by atoms with Gasteiger partial charge in [-0.05, 0) is 19.1 Å². The van der Waals surface area contributed by atoms with E-state index < -0.39 is 0 Å². The highest BCUT2D eigenvalue weighted by atomic mass is 35.5. The van der Waals surface area contributed by atoms with Crippen molar-refractivity contribution in [2.75, 3.05) is 12.3 Å². The van der Waals surface area contributed by atoms with Crippen molar-refractivity contribution in [1.29, 1.82) is 0 Å². The second-order valence-corrected chi connectivity index (χ2v) is 3.45. The molecule has 6 heteroatoms. The highest BCUT2D eigenvalue weighted by Gasteiger charge is 2.10. The lowest BCUT2D eigenvalue weighted by Gasteiger charge is -2.04. The number of aromatic nitrogens is 2. The van der Waals surface area contributed by atoms with Gasteiger partial charge in [0.1, 0.15) is 0 Å². The molecule has 0 radical (unpaired) electrons. The quantitative estimate of drug-likeness (QED) is 0.683. The Kier molecular flexibility index (Phi) is 4.74. The lowest BCUT2D eigenvalue weighted by molar-refractivity contribution is 0.0526. The summed E-state index contributed by atoms with van der Waals surface area (Å²) in [6, 6.07) is 7.31. The number of carbonyl (C=O) groups is 1. The Labute approximate surface area is 111 Å². The molecule has 0 unspecified atom stereocenters. The van der Waals surface area contributed by atoms with Crippen LogP contribution in [-0.2, 0) is 4.74 Å². The van der Waals surface area contributed by atoms with Crippen molar-refractivity contribution in [3.05, 3.63) is 42.2 Å². The van der Waals surface area contributed by atoms with E-state index in [0.717, 1.165) is 5.69 Å². The van der Waals surface area contributed by atoms with Gasteiger partial charge >= 0.3 is 5.97 Å². The highest BCUT2D eigenvalue weighted by Crippen LogP contribution is 2.16. The first-order valence-corrected chi connectivity index (χ1v) is 5.29. The number of nitrogens with two attached hydrogens (primary N) is 1. The maximum absolute atomic E-state index is 11.5. The minimum atomic E-state index is -0.381. The fourth-order valence-electron chi connectivity index (χ4n) is 1.47. The fourth-order valence-corrected chi connectivity index (χ4v) is 1.47. The van der Waals surface area contributed by atoms with E-state index in [1.165, 1.54) is 6.20 Å². The van der Waals surface area contributed by atoms with E-state index in [4.69, 9.17) is 10.5 Å². The van der Waals surface area contributed by atoms with Gasteiger partial charge in [0.25, 0.3) is 0 Å². The number of halogens is 1. The SMILES string of the molecule is CCOC(=O)c1cnn(-c2ccccc2N)c1.Cl. The van der Waals surface area contributed by atoms with Crippen molar-refractivity contribution in [3.63, 3.8) is 0 Å². The lowest BCUT2D eigenvalue weighted by Crippen LogP contribution is -2.03. The van der Waals surface area contributed by atoms with Crippen LogP contribution in [0.25, 0.3) is 5.69 Å². The predicted molar refractivity (Wildman–Crippen MR) is 71.2 cm³/mol. The van der Waals surface area contributed by atoms with E-state index in [9.17, 15) is 4.79 Å². The Balaban J connectivity index is 0.00000162. The first-order valence-electron chi connectivity index (χ1n) is 5.29. The molecule has 0 spiro atoms. The molecule has 0 bridgehead atoms. The Hall–Kier alpha value is -2.01. The minimum Gasteiger partial charge on any atom is -0.462 e. The molecule has 2 aromatic rings. The molecule has 1 heterocycles. The third kappa shape index (κ3) is 2.81. The number of esters is 1. The summed E-state index contributed by atoms with van der Waals surface area (Å²) in [5.74, 6) is -0.381. The molecule has 0 atom stereocenters. The summed E-state index contributed by atoms with van der Waals surface area (Å²) in [5.41, 5.74) is 7.57. The van der Waals surface area contributed by atoms with Crippen molar-refractivity contribution in [2.24, 2.45) is 0 Å². The molecule has 0 aliphatic heterocycles. The van der Waals surface area contributed by atoms with Crippen LogP contribution in [0, 0.1) is 0 Å². The zero-order valence-electron chi connectivity index (χ0n) is 9.87. The van der Waals surface area contributed by atoms with E-state index in [0.29, 0.717) is 17.9 Å². The van der Waals surface area contributed by atoms with Gasteiger partial charge in [-0.1, -0.05) is 12.1 Å². The second-order valence-electron chi connectivity index (χ2n) is 3.45. The average molecular weight is 268 g/mol. The van der Waals surface area contributed by atoms with Crippen molar-refractivity contribution in [2.45, 2.75) is 6.92 Å². The van der Waals surface area contributed by atoms with Crippen LogP contribution in [0.1, 0.15) is 17.3 Å². The molecule has 1 aromatic heterocycles. The topological polar surface area (TPSA) is 70.1 Å². The largest absolute Gasteiger partial charge is 0.462 e. The normalized spacial score (nSPS) is 9.61. The molecule has 1 aromatic carbocycles. The number of hydrogen-bond donors (Lipinski definition) is 1. The second kappa shape index (κ2) is 6.07. The molecular weight excluding hydrogens is 254 g/mol. The predicted octanol–water partition coefficient (Wildman–Crippen LogP) is 2.05. The Morgan fingerprint density at radius 1 is 1.44 bits per heavy atom. The van der Waals surface area contributed by atoms with Crippen molar-refractivity contribution < 1.29 is 9.53 Å². The van der Waals surface area contributed by atoms with Crippen LogP contribution < -0.4 is 5.73 Å². The zero-order chi connectivity index (χ0) is 12.3. The number of nitrogen functional groups attached to an aromatic ring is 1. The van der Waals surface area contributed by atoms with Crippen molar-refractivity contribution in [1.82, 2.24) is 9.78 Å². The number of rotatable bonds is 3. The first kappa shape index (κ1) is 14.1. The van der Waals surface area contributed by atoms with Gasteiger partial charge in [-0.25, -0.2) is 9.48 Å². The number of anilines is 1. The van der Waals surface area contributed by atoms with Crippen LogP contribution in [0.2, 0.25) is 0 Å². The summed E-state index contributed by atoms with van der Waals surface area (Å²) in [6.07, 6.45) is 3.06.